The van der Waals surface area contributed by atoms with Crippen LogP contribution in [0.15, 0.2) is 33.0 Å². The number of amidine groups is 1. The number of carbonyl (C=O) groups is 1. The highest BCUT2D eigenvalue weighted by Crippen LogP contribution is 2.28. The second kappa shape index (κ2) is 8.85. The fourth-order valence-corrected chi connectivity index (χ4v) is 4.07. The van der Waals surface area contributed by atoms with Gasteiger partial charge >= 0.3 is 0 Å². The van der Waals surface area contributed by atoms with E-state index in [1.54, 1.807) is 5.38 Å². The molecule has 1 aliphatic heterocycles. The number of Topliss-reactive ketones (excluding diaryl/α,β-unsaturated/α-hetero) is 1. The highest BCUT2D eigenvalue weighted by molar-refractivity contribution is 9.10. The summed E-state index contributed by atoms with van der Waals surface area (Å²) in [7, 11) is 0. The summed E-state index contributed by atoms with van der Waals surface area (Å²) < 4.78 is 26.2. The highest BCUT2D eigenvalue weighted by Gasteiger charge is 2.29. The molecule has 2 heterocycles. The number of carbonyl (C=O) groups excluding carboxylic acids is 1. The minimum Gasteiger partial charge on any atom is -0.348 e. The minimum absolute atomic E-state index is 0.180. The Labute approximate surface area is 167 Å². The summed E-state index contributed by atoms with van der Waals surface area (Å²) in [6, 6.07) is 4.06. The van der Waals surface area contributed by atoms with Crippen molar-refractivity contribution in [3.05, 3.63) is 39.6 Å². The monoisotopic (exact) mass is 458 g/mol. The van der Waals surface area contributed by atoms with Crippen LogP contribution in [0, 0.1) is 11.7 Å². The molecule has 0 bridgehead atoms. The SMILES string of the molecule is O=C(C(=Nc1ccc(F)c(Br)c1)NO)C1CCN(c2nc(CF)cs2)CC1. The number of aliphatic imine (C=N–C) groups is 1. The first-order valence-electron chi connectivity index (χ1n) is 8.25. The van der Waals surface area contributed by atoms with Crippen LogP contribution in [0.5, 0.6) is 0 Å². The molecule has 6 nitrogen and oxygen atoms in total. The molecule has 27 heavy (non-hydrogen) atoms. The van der Waals surface area contributed by atoms with Crippen LogP contribution >= 0.6 is 27.3 Å². The number of hydrogen-bond donors (Lipinski definition) is 2. The fraction of sp³-hybridized carbons (Fsp3) is 0.353. The lowest BCUT2D eigenvalue weighted by Crippen LogP contribution is -2.41. The molecule has 0 spiro atoms. The van der Waals surface area contributed by atoms with Gasteiger partial charge in [-0.25, -0.2) is 24.2 Å². The summed E-state index contributed by atoms with van der Waals surface area (Å²) in [6.45, 7) is 0.625. The Morgan fingerprint density at radius 2 is 2.19 bits per heavy atom. The predicted molar refractivity (Wildman–Crippen MR) is 103 cm³/mol. The number of hydrogen-bond acceptors (Lipinski definition) is 6. The summed E-state index contributed by atoms with van der Waals surface area (Å²) in [4.78, 5) is 23.0. The second-order valence-electron chi connectivity index (χ2n) is 6.05. The molecule has 0 unspecified atom stereocenters. The number of hydroxylamine groups is 1. The maximum absolute atomic E-state index is 13.3. The first-order valence-corrected chi connectivity index (χ1v) is 9.92. The number of rotatable bonds is 5. The summed E-state index contributed by atoms with van der Waals surface area (Å²) in [5, 5.41) is 11.8. The lowest BCUT2D eigenvalue weighted by Gasteiger charge is -2.31. The predicted octanol–water partition coefficient (Wildman–Crippen LogP) is 4.01. The molecule has 0 aliphatic carbocycles. The number of nitrogens with zero attached hydrogens (tertiary/aromatic N) is 3. The molecule has 3 rings (SSSR count). The summed E-state index contributed by atoms with van der Waals surface area (Å²) in [5.74, 6) is -1.23. The van der Waals surface area contributed by atoms with Crippen LogP contribution in [0.4, 0.5) is 19.6 Å². The zero-order valence-electron chi connectivity index (χ0n) is 14.2. The molecule has 2 aromatic rings. The largest absolute Gasteiger partial charge is 0.348 e. The van der Waals surface area contributed by atoms with Crippen LogP contribution in [-0.2, 0) is 11.5 Å². The Bertz CT molecular complexity index is 853. The zero-order valence-corrected chi connectivity index (χ0v) is 16.6. The minimum atomic E-state index is -0.590. The molecule has 1 fully saturated rings. The molecule has 0 atom stereocenters. The summed E-state index contributed by atoms with van der Waals surface area (Å²) in [5.41, 5.74) is 2.62. The van der Waals surface area contributed by atoms with Gasteiger partial charge in [0.05, 0.1) is 15.9 Å². The first kappa shape index (κ1) is 19.8. The van der Waals surface area contributed by atoms with Gasteiger partial charge in [0.15, 0.2) is 11.0 Å². The van der Waals surface area contributed by atoms with E-state index in [9.17, 15) is 18.8 Å². The van der Waals surface area contributed by atoms with Gasteiger partial charge in [0, 0.05) is 24.4 Å². The van der Waals surface area contributed by atoms with E-state index in [0.717, 1.165) is 5.13 Å². The van der Waals surface area contributed by atoms with Crippen LogP contribution in [-0.4, -0.2) is 34.9 Å². The third kappa shape index (κ3) is 4.69. The average Bonchev–Trinajstić information content (AvgIpc) is 3.17. The molecule has 10 heteroatoms. The lowest BCUT2D eigenvalue weighted by atomic mass is 9.92. The van der Waals surface area contributed by atoms with Crippen molar-refractivity contribution in [3.8, 4) is 0 Å². The Morgan fingerprint density at radius 3 is 2.78 bits per heavy atom. The molecule has 0 saturated carbocycles. The smallest absolute Gasteiger partial charge is 0.203 e. The molecule has 1 aromatic heterocycles. The number of alkyl halides is 1. The van der Waals surface area contributed by atoms with Crippen molar-refractivity contribution in [1.29, 1.82) is 0 Å². The number of ketones is 1. The maximum Gasteiger partial charge on any atom is 0.203 e. The number of anilines is 1. The number of piperidine rings is 1. The number of halogens is 3. The summed E-state index contributed by atoms with van der Waals surface area (Å²) >= 11 is 4.45. The van der Waals surface area contributed by atoms with Crippen molar-refractivity contribution in [1.82, 2.24) is 10.5 Å². The van der Waals surface area contributed by atoms with Crippen LogP contribution in [0.3, 0.4) is 0 Å². The van der Waals surface area contributed by atoms with E-state index < -0.39 is 12.5 Å². The zero-order chi connectivity index (χ0) is 19.4. The van der Waals surface area contributed by atoms with E-state index in [4.69, 9.17) is 0 Å². The van der Waals surface area contributed by atoms with Gasteiger partial charge in [-0.1, -0.05) is 0 Å². The van der Waals surface area contributed by atoms with Crippen molar-refractivity contribution in [2.24, 2.45) is 10.9 Å². The van der Waals surface area contributed by atoms with E-state index >= 15 is 0 Å². The van der Waals surface area contributed by atoms with Gasteiger partial charge in [0.25, 0.3) is 0 Å². The average molecular weight is 459 g/mol. The van der Waals surface area contributed by atoms with Gasteiger partial charge < -0.3 is 4.90 Å². The quantitative estimate of drug-likeness (QED) is 0.402. The molecule has 1 aromatic carbocycles. The van der Waals surface area contributed by atoms with Crippen molar-refractivity contribution in [3.63, 3.8) is 0 Å². The lowest BCUT2D eigenvalue weighted by molar-refractivity contribution is -0.117. The highest BCUT2D eigenvalue weighted by atomic mass is 79.9. The molecular weight excluding hydrogens is 442 g/mol. The number of aromatic nitrogens is 1. The van der Waals surface area contributed by atoms with E-state index in [-0.39, 0.29) is 22.0 Å². The van der Waals surface area contributed by atoms with Crippen LogP contribution in [0.1, 0.15) is 18.5 Å². The van der Waals surface area contributed by atoms with E-state index in [1.807, 2.05) is 10.4 Å². The molecule has 0 amide bonds. The Hall–Kier alpha value is -1.91. The van der Waals surface area contributed by atoms with Crippen molar-refractivity contribution in [2.75, 3.05) is 18.0 Å². The van der Waals surface area contributed by atoms with Crippen molar-refractivity contribution < 1.29 is 18.8 Å². The molecule has 144 valence electrons. The normalized spacial score (nSPS) is 15.9. The van der Waals surface area contributed by atoms with Crippen LogP contribution in [0.25, 0.3) is 0 Å². The summed E-state index contributed by atoms with van der Waals surface area (Å²) in [6.07, 6.45) is 1.13. The molecular formula is C17H17BrF2N4O2S. The van der Waals surface area contributed by atoms with Crippen molar-refractivity contribution in [2.45, 2.75) is 19.5 Å². The number of thiazole rings is 1. The molecule has 2 N–H and O–H groups in total. The third-order valence-corrected chi connectivity index (χ3v) is 5.85. The van der Waals surface area contributed by atoms with Gasteiger partial charge in [0.1, 0.15) is 12.5 Å². The third-order valence-electron chi connectivity index (χ3n) is 4.30. The Kier molecular flexibility index (Phi) is 6.51. The molecule has 1 aliphatic rings. The van der Waals surface area contributed by atoms with E-state index in [1.165, 1.54) is 29.5 Å². The second-order valence-corrected chi connectivity index (χ2v) is 7.74. The van der Waals surface area contributed by atoms with Gasteiger partial charge in [0.2, 0.25) is 5.78 Å². The topological polar surface area (TPSA) is 77.8 Å². The fourth-order valence-electron chi connectivity index (χ4n) is 2.85. The number of benzene rings is 1. The van der Waals surface area contributed by atoms with Crippen molar-refractivity contribution >= 4 is 49.7 Å². The standard InChI is InChI=1S/C17H17BrF2N4O2S/c18-13-7-11(1-2-14(13)20)21-16(23-26)15(25)10-3-5-24(6-4-10)17-22-12(8-19)9-27-17/h1-2,7,9-10,26H,3-6,8H2,(H,21,23). The number of nitrogens with one attached hydrogen (secondary N) is 1. The van der Waals surface area contributed by atoms with Gasteiger partial charge in [-0.15, -0.1) is 11.3 Å². The maximum atomic E-state index is 13.3. The first-order chi connectivity index (χ1) is 13.0. The molecule has 0 radical (unpaired) electrons. The van der Waals surface area contributed by atoms with Gasteiger partial charge in [-0.05, 0) is 47.0 Å². The van der Waals surface area contributed by atoms with E-state index in [2.05, 4.69) is 25.9 Å². The molecule has 1 saturated heterocycles. The Morgan fingerprint density at radius 1 is 1.44 bits per heavy atom. The van der Waals surface area contributed by atoms with Gasteiger partial charge in [-0.3, -0.25) is 10.0 Å². The Balaban J connectivity index is 1.66. The van der Waals surface area contributed by atoms with Gasteiger partial charge in [-0.2, -0.15) is 0 Å². The van der Waals surface area contributed by atoms with Crippen LogP contribution in [0.2, 0.25) is 0 Å². The van der Waals surface area contributed by atoms with Crippen LogP contribution < -0.4 is 10.4 Å². The van der Waals surface area contributed by atoms with E-state index in [0.29, 0.717) is 37.3 Å².